The second kappa shape index (κ2) is 5.21. The molecule has 0 saturated carbocycles. The van der Waals surface area contributed by atoms with Gasteiger partial charge in [0.15, 0.2) is 0 Å². The van der Waals surface area contributed by atoms with Crippen LogP contribution in [0.4, 0.5) is 4.79 Å². The molecule has 17 heavy (non-hydrogen) atoms. The van der Waals surface area contributed by atoms with Crippen molar-refractivity contribution in [1.29, 1.82) is 0 Å². The van der Waals surface area contributed by atoms with Gasteiger partial charge >= 0.3 is 0 Å². The fourth-order valence-corrected chi connectivity index (χ4v) is 2.22. The van der Waals surface area contributed by atoms with Gasteiger partial charge in [0.2, 0.25) is 0 Å². The molecule has 0 saturated heterocycles. The summed E-state index contributed by atoms with van der Waals surface area (Å²) in [6, 6.07) is 4.44. The Morgan fingerprint density at radius 3 is 2.24 bits per heavy atom. The first kappa shape index (κ1) is 14.2. The molecule has 0 spiro atoms. The number of aryl methyl sites for hydroxylation is 3. The van der Waals surface area contributed by atoms with E-state index in [0.29, 0.717) is 6.54 Å². The van der Waals surface area contributed by atoms with Gasteiger partial charge < -0.3 is 5.32 Å². The molecule has 0 aliphatic rings. The Kier molecular flexibility index (Phi) is 4.36. The number of hydrogen-bond acceptors (Lipinski definition) is 1. The van der Waals surface area contributed by atoms with Crippen LogP contribution in [0.3, 0.4) is 0 Å². The van der Waals surface area contributed by atoms with Gasteiger partial charge in [-0.1, -0.05) is 26.0 Å². The van der Waals surface area contributed by atoms with Gasteiger partial charge in [-0.05, 0) is 43.0 Å². The molecule has 1 amide bonds. The van der Waals surface area contributed by atoms with Gasteiger partial charge in [-0.3, -0.25) is 4.79 Å². The Morgan fingerprint density at radius 2 is 1.71 bits per heavy atom. The highest BCUT2D eigenvalue weighted by atomic mass is 79.9. The average Bonchev–Trinajstić information content (AvgIpc) is 2.20. The average molecular weight is 298 g/mol. The Bertz CT molecular complexity index is 438. The van der Waals surface area contributed by atoms with E-state index in [1.165, 1.54) is 22.3 Å². The molecule has 0 aliphatic heterocycles. The number of amides is 1. The highest BCUT2D eigenvalue weighted by molar-refractivity contribution is 9.18. The minimum absolute atomic E-state index is 0.0635. The highest BCUT2D eigenvalue weighted by Gasteiger charge is 2.23. The summed E-state index contributed by atoms with van der Waals surface area (Å²) >= 11 is 2.89. The van der Waals surface area contributed by atoms with Gasteiger partial charge in [0.1, 0.15) is 0 Å². The molecule has 0 radical (unpaired) electrons. The van der Waals surface area contributed by atoms with E-state index in [2.05, 4.69) is 68.0 Å². The Hall–Kier alpha value is -0.830. The zero-order valence-electron chi connectivity index (χ0n) is 11.1. The zero-order chi connectivity index (χ0) is 13.2. The number of benzene rings is 1. The molecule has 0 aromatic heterocycles. The van der Waals surface area contributed by atoms with Crippen LogP contribution in [0.5, 0.6) is 0 Å². The maximum atomic E-state index is 10.9. The lowest BCUT2D eigenvalue weighted by molar-refractivity contribution is 0.259. The normalized spacial score (nSPS) is 11.4. The lowest BCUT2D eigenvalue weighted by Gasteiger charge is -2.28. The van der Waals surface area contributed by atoms with Crippen molar-refractivity contribution in [1.82, 2.24) is 5.32 Å². The third-order valence-corrected chi connectivity index (χ3v) is 3.52. The standard InChI is InChI=1S/C14H20BrNO/c1-9-6-11(3)12(7-10(9)2)14(4,5)8-16-13(15)17/h6-7H,8H2,1-5H3,(H,16,17). The summed E-state index contributed by atoms with van der Waals surface area (Å²) in [4.78, 5) is 10.8. The topological polar surface area (TPSA) is 29.1 Å². The molecule has 0 bridgehead atoms. The molecule has 0 atom stereocenters. The molecule has 1 N–H and O–H groups in total. The maximum absolute atomic E-state index is 10.9. The van der Waals surface area contributed by atoms with Crippen LogP contribution in [0.2, 0.25) is 0 Å². The van der Waals surface area contributed by atoms with Gasteiger partial charge in [0, 0.05) is 27.9 Å². The monoisotopic (exact) mass is 297 g/mol. The summed E-state index contributed by atoms with van der Waals surface area (Å²) in [7, 11) is 0. The van der Waals surface area contributed by atoms with Crippen LogP contribution < -0.4 is 5.32 Å². The molecule has 2 nitrogen and oxygen atoms in total. The molecule has 0 aliphatic carbocycles. The molecule has 1 rings (SSSR count). The van der Waals surface area contributed by atoms with E-state index >= 15 is 0 Å². The van der Waals surface area contributed by atoms with E-state index in [0.717, 1.165) is 0 Å². The molecular weight excluding hydrogens is 278 g/mol. The first-order valence-electron chi connectivity index (χ1n) is 5.75. The highest BCUT2D eigenvalue weighted by Crippen LogP contribution is 2.28. The number of hydrogen-bond donors (Lipinski definition) is 1. The predicted octanol–water partition coefficient (Wildman–Crippen LogP) is 3.99. The quantitative estimate of drug-likeness (QED) is 0.663. The predicted molar refractivity (Wildman–Crippen MR) is 76.0 cm³/mol. The second-order valence-electron chi connectivity index (χ2n) is 5.26. The van der Waals surface area contributed by atoms with Crippen molar-refractivity contribution in [2.24, 2.45) is 0 Å². The first-order valence-corrected chi connectivity index (χ1v) is 6.55. The van der Waals surface area contributed by atoms with E-state index in [-0.39, 0.29) is 10.2 Å². The smallest absolute Gasteiger partial charge is 0.287 e. The van der Waals surface area contributed by atoms with Crippen molar-refractivity contribution in [3.05, 3.63) is 34.4 Å². The second-order valence-corrected chi connectivity index (χ2v) is 5.98. The summed E-state index contributed by atoms with van der Waals surface area (Å²) in [6.45, 7) is 11.3. The number of nitrogens with one attached hydrogen (secondary N) is 1. The zero-order valence-corrected chi connectivity index (χ0v) is 12.7. The molecule has 1 aromatic rings. The fraction of sp³-hybridized carbons (Fsp3) is 0.500. The maximum Gasteiger partial charge on any atom is 0.287 e. The van der Waals surface area contributed by atoms with Crippen LogP contribution in [0.1, 0.15) is 36.1 Å². The van der Waals surface area contributed by atoms with Gasteiger partial charge in [0.25, 0.3) is 4.82 Å². The van der Waals surface area contributed by atoms with Gasteiger partial charge in [-0.15, -0.1) is 0 Å². The summed E-state index contributed by atoms with van der Waals surface area (Å²) in [5, 5.41) is 2.82. The fourth-order valence-electron chi connectivity index (χ4n) is 2.08. The van der Waals surface area contributed by atoms with Crippen LogP contribution in [-0.2, 0) is 5.41 Å². The van der Waals surface area contributed by atoms with E-state index in [1.807, 2.05) is 0 Å². The minimum Gasteiger partial charge on any atom is -0.346 e. The van der Waals surface area contributed by atoms with Crippen molar-refractivity contribution >= 4 is 20.7 Å². The van der Waals surface area contributed by atoms with Gasteiger partial charge in [-0.25, -0.2) is 0 Å². The Labute approximate surface area is 112 Å². The van der Waals surface area contributed by atoms with Gasteiger partial charge in [-0.2, -0.15) is 0 Å². The van der Waals surface area contributed by atoms with Crippen LogP contribution in [-0.4, -0.2) is 11.4 Å². The minimum atomic E-state index is -0.160. The number of rotatable bonds is 3. The summed E-state index contributed by atoms with van der Waals surface area (Å²) in [6.07, 6.45) is 0. The first-order chi connectivity index (χ1) is 7.74. The van der Waals surface area contributed by atoms with E-state index in [9.17, 15) is 4.79 Å². The van der Waals surface area contributed by atoms with Gasteiger partial charge in [0.05, 0.1) is 0 Å². The summed E-state index contributed by atoms with van der Waals surface area (Å²) in [5.74, 6) is 0. The van der Waals surface area contributed by atoms with Crippen LogP contribution >= 0.6 is 15.9 Å². The van der Waals surface area contributed by atoms with E-state index < -0.39 is 0 Å². The third kappa shape index (κ3) is 3.56. The molecular formula is C14H20BrNO. The third-order valence-electron chi connectivity index (χ3n) is 3.24. The molecule has 1 aromatic carbocycles. The Morgan fingerprint density at radius 1 is 1.18 bits per heavy atom. The van der Waals surface area contributed by atoms with E-state index in [1.54, 1.807) is 0 Å². The Balaban J connectivity index is 3.05. The van der Waals surface area contributed by atoms with Crippen molar-refractivity contribution in [2.75, 3.05) is 6.54 Å². The van der Waals surface area contributed by atoms with Crippen molar-refractivity contribution in [3.63, 3.8) is 0 Å². The number of halogens is 1. The van der Waals surface area contributed by atoms with Crippen LogP contribution in [0, 0.1) is 20.8 Å². The van der Waals surface area contributed by atoms with Crippen LogP contribution in [0.25, 0.3) is 0 Å². The lowest BCUT2D eigenvalue weighted by Crippen LogP contribution is -2.34. The molecule has 0 fully saturated rings. The van der Waals surface area contributed by atoms with E-state index in [4.69, 9.17) is 0 Å². The molecule has 0 unspecified atom stereocenters. The molecule has 94 valence electrons. The molecule has 3 heteroatoms. The number of carbonyl (C=O) groups is 1. The van der Waals surface area contributed by atoms with Crippen molar-refractivity contribution in [3.8, 4) is 0 Å². The van der Waals surface area contributed by atoms with Crippen molar-refractivity contribution < 1.29 is 4.79 Å². The van der Waals surface area contributed by atoms with Crippen LogP contribution in [0.15, 0.2) is 12.1 Å². The lowest BCUT2D eigenvalue weighted by atomic mass is 9.80. The summed E-state index contributed by atoms with van der Waals surface area (Å²) in [5.41, 5.74) is 5.12. The van der Waals surface area contributed by atoms with Crippen molar-refractivity contribution in [2.45, 2.75) is 40.0 Å². The molecule has 0 heterocycles. The largest absolute Gasteiger partial charge is 0.346 e. The SMILES string of the molecule is Cc1cc(C)c(C(C)(C)CNC(=O)Br)cc1C. The summed E-state index contributed by atoms with van der Waals surface area (Å²) < 4.78 is 0. The number of carbonyl (C=O) groups excluding carboxylic acids is 1.